The van der Waals surface area contributed by atoms with Gasteiger partial charge in [-0.2, -0.15) is 0 Å². The minimum absolute atomic E-state index is 0.0280. The van der Waals surface area contributed by atoms with Gasteiger partial charge in [0, 0.05) is 24.3 Å². The molecule has 0 saturated carbocycles. The van der Waals surface area contributed by atoms with Gasteiger partial charge in [-0.05, 0) is 44.5 Å². The van der Waals surface area contributed by atoms with Crippen LogP contribution in [-0.2, 0) is 4.79 Å². The molecule has 0 spiro atoms. The zero-order chi connectivity index (χ0) is 15.3. The smallest absolute Gasteiger partial charge is 0.242 e. The number of nitrogens with zero attached hydrogens (tertiary/aromatic N) is 1. The van der Waals surface area contributed by atoms with Crippen molar-refractivity contribution in [1.82, 2.24) is 5.32 Å². The van der Waals surface area contributed by atoms with E-state index in [-0.39, 0.29) is 18.0 Å². The molecule has 1 aromatic rings. The Balaban J connectivity index is 2.75. The third kappa shape index (κ3) is 4.20. The summed E-state index contributed by atoms with van der Waals surface area (Å²) in [4.78, 5) is 14.4. The molecule has 0 saturated heterocycles. The molecule has 0 radical (unpaired) electrons. The number of hydrogen-bond donors (Lipinski definition) is 2. The number of rotatable bonds is 6. The summed E-state index contributed by atoms with van der Waals surface area (Å²) < 4.78 is 0. The normalized spacial score (nSPS) is 13.4. The van der Waals surface area contributed by atoms with Gasteiger partial charge >= 0.3 is 0 Å². The Morgan fingerprint density at radius 2 is 1.90 bits per heavy atom. The zero-order valence-electron chi connectivity index (χ0n) is 12.5. The fourth-order valence-electron chi connectivity index (χ4n) is 1.73. The zero-order valence-corrected chi connectivity index (χ0v) is 13.3. The molecule has 2 unspecified atom stereocenters. The van der Waals surface area contributed by atoms with Crippen LogP contribution in [0.1, 0.15) is 32.8 Å². The van der Waals surface area contributed by atoms with Gasteiger partial charge in [-0.25, -0.2) is 0 Å². The Hall–Kier alpha value is -1.62. The first-order chi connectivity index (χ1) is 9.36. The fourth-order valence-corrected chi connectivity index (χ4v) is 1.86. The van der Waals surface area contributed by atoms with Gasteiger partial charge in [-0.1, -0.05) is 19.1 Å². The van der Waals surface area contributed by atoms with Crippen LogP contribution in [-0.4, -0.2) is 30.0 Å². The van der Waals surface area contributed by atoms with E-state index in [2.05, 4.69) is 5.32 Å². The van der Waals surface area contributed by atoms with Crippen LogP contribution in [0.5, 0.6) is 0 Å². The number of nitrogens with one attached hydrogen (secondary N) is 1. The SMILES string of the molecule is CCC(C)NC(=O)C(C)N(C)c1ccc(C(N)=S)cc1. The lowest BCUT2D eigenvalue weighted by Crippen LogP contribution is -2.46. The van der Waals surface area contributed by atoms with Crippen molar-refractivity contribution in [3.63, 3.8) is 0 Å². The topological polar surface area (TPSA) is 58.4 Å². The molecule has 0 aliphatic heterocycles. The molecular weight excluding hydrogens is 270 g/mol. The van der Waals surface area contributed by atoms with Crippen LogP contribution in [0.25, 0.3) is 0 Å². The summed E-state index contributed by atoms with van der Waals surface area (Å²) >= 11 is 4.92. The standard InChI is InChI=1S/C15H23N3OS/c1-5-10(2)17-15(19)11(3)18(4)13-8-6-12(7-9-13)14(16)20/h6-11H,5H2,1-4H3,(H2,16,20)(H,17,19). The average Bonchev–Trinajstić information content (AvgIpc) is 2.45. The van der Waals surface area contributed by atoms with Gasteiger partial charge in [0.1, 0.15) is 11.0 Å². The first kappa shape index (κ1) is 16.4. The number of carbonyl (C=O) groups excluding carboxylic acids is 1. The highest BCUT2D eigenvalue weighted by Crippen LogP contribution is 2.16. The molecule has 0 heterocycles. The lowest BCUT2D eigenvalue weighted by Gasteiger charge is -2.27. The number of nitrogens with two attached hydrogens (primary N) is 1. The van der Waals surface area contributed by atoms with Crippen molar-refractivity contribution in [2.24, 2.45) is 5.73 Å². The number of carbonyl (C=O) groups is 1. The van der Waals surface area contributed by atoms with Crippen LogP contribution in [0.15, 0.2) is 24.3 Å². The van der Waals surface area contributed by atoms with E-state index in [1.54, 1.807) is 0 Å². The quantitative estimate of drug-likeness (QED) is 0.788. The molecule has 0 bridgehead atoms. The monoisotopic (exact) mass is 293 g/mol. The molecular formula is C15H23N3OS. The second kappa shape index (κ2) is 7.24. The molecule has 110 valence electrons. The largest absolute Gasteiger partial charge is 0.389 e. The highest BCUT2D eigenvalue weighted by atomic mass is 32.1. The average molecular weight is 293 g/mol. The summed E-state index contributed by atoms with van der Waals surface area (Å²) in [6.45, 7) is 5.94. The number of anilines is 1. The van der Waals surface area contributed by atoms with E-state index in [1.165, 1.54) is 0 Å². The van der Waals surface area contributed by atoms with Crippen molar-refractivity contribution in [2.45, 2.75) is 39.3 Å². The maximum atomic E-state index is 12.1. The molecule has 1 rings (SSSR count). The number of amides is 1. The first-order valence-corrected chi connectivity index (χ1v) is 7.20. The van der Waals surface area contributed by atoms with Crippen molar-refractivity contribution in [3.8, 4) is 0 Å². The maximum Gasteiger partial charge on any atom is 0.242 e. The summed E-state index contributed by atoms with van der Waals surface area (Å²) in [5.41, 5.74) is 7.35. The molecule has 4 nitrogen and oxygen atoms in total. The number of hydrogen-bond acceptors (Lipinski definition) is 3. The molecule has 20 heavy (non-hydrogen) atoms. The van der Waals surface area contributed by atoms with E-state index in [0.717, 1.165) is 17.7 Å². The van der Waals surface area contributed by atoms with Crippen molar-refractivity contribution in [3.05, 3.63) is 29.8 Å². The van der Waals surface area contributed by atoms with E-state index >= 15 is 0 Å². The molecule has 1 amide bonds. The molecule has 0 aliphatic rings. The Labute approximate surface area is 126 Å². The summed E-state index contributed by atoms with van der Waals surface area (Å²) in [6.07, 6.45) is 0.921. The summed E-state index contributed by atoms with van der Waals surface area (Å²) in [6, 6.07) is 7.53. The number of benzene rings is 1. The van der Waals surface area contributed by atoms with Gasteiger partial charge in [-0.3, -0.25) is 4.79 Å². The first-order valence-electron chi connectivity index (χ1n) is 6.79. The fraction of sp³-hybridized carbons (Fsp3) is 0.467. The lowest BCUT2D eigenvalue weighted by atomic mass is 10.1. The van der Waals surface area contributed by atoms with E-state index in [1.807, 2.05) is 57.0 Å². The van der Waals surface area contributed by atoms with Gasteiger partial charge in [0.25, 0.3) is 0 Å². The predicted octanol–water partition coefficient (Wildman–Crippen LogP) is 2.06. The second-order valence-corrected chi connectivity index (χ2v) is 5.46. The Morgan fingerprint density at radius 1 is 1.35 bits per heavy atom. The Kier molecular flexibility index (Phi) is 5.95. The van der Waals surface area contributed by atoms with Crippen LogP contribution in [0, 0.1) is 0 Å². The van der Waals surface area contributed by atoms with Gasteiger partial charge in [0.15, 0.2) is 0 Å². The summed E-state index contributed by atoms with van der Waals surface area (Å²) in [5.74, 6) is 0.0280. The summed E-state index contributed by atoms with van der Waals surface area (Å²) in [5, 5.41) is 2.99. The number of likely N-dealkylation sites (N-methyl/N-ethyl adjacent to an activating group) is 1. The number of thiocarbonyl (C=S) groups is 1. The van der Waals surface area contributed by atoms with E-state index < -0.39 is 0 Å². The summed E-state index contributed by atoms with van der Waals surface area (Å²) in [7, 11) is 1.90. The highest BCUT2D eigenvalue weighted by Gasteiger charge is 2.19. The van der Waals surface area contributed by atoms with Gasteiger partial charge < -0.3 is 16.0 Å². The van der Waals surface area contributed by atoms with E-state index in [4.69, 9.17) is 18.0 Å². The maximum absolute atomic E-state index is 12.1. The minimum Gasteiger partial charge on any atom is -0.389 e. The van der Waals surface area contributed by atoms with Crippen LogP contribution >= 0.6 is 12.2 Å². The third-order valence-electron chi connectivity index (χ3n) is 3.52. The van der Waals surface area contributed by atoms with Crippen molar-refractivity contribution in [2.75, 3.05) is 11.9 Å². The highest BCUT2D eigenvalue weighted by molar-refractivity contribution is 7.80. The van der Waals surface area contributed by atoms with Gasteiger partial charge in [0.2, 0.25) is 5.91 Å². The molecule has 2 atom stereocenters. The van der Waals surface area contributed by atoms with Crippen molar-refractivity contribution in [1.29, 1.82) is 0 Å². The van der Waals surface area contributed by atoms with Crippen LogP contribution in [0.4, 0.5) is 5.69 Å². The molecule has 1 aromatic carbocycles. The van der Waals surface area contributed by atoms with Gasteiger partial charge in [-0.15, -0.1) is 0 Å². The Morgan fingerprint density at radius 3 is 2.35 bits per heavy atom. The van der Waals surface area contributed by atoms with Crippen molar-refractivity contribution < 1.29 is 4.79 Å². The lowest BCUT2D eigenvalue weighted by molar-refractivity contribution is -0.122. The van der Waals surface area contributed by atoms with Crippen molar-refractivity contribution >= 4 is 28.8 Å². The molecule has 0 aromatic heterocycles. The Bertz CT molecular complexity index is 473. The van der Waals surface area contributed by atoms with Crippen LogP contribution < -0.4 is 16.0 Å². The second-order valence-electron chi connectivity index (χ2n) is 5.02. The molecule has 3 N–H and O–H groups in total. The van der Waals surface area contributed by atoms with Crippen LogP contribution in [0.2, 0.25) is 0 Å². The van der Waals surface area contributed by atoms with Crippen LogP contribution in [0.3, 0.4) is 0 Å². The molecule has 5 heteroatoms. The molecule has 0 fully saturated rings. The van der Waals surface area contributed by atoms with E-state index in [0.29, 0.717) is 4.99 Å². The minimum atomic E-state index is -0.236. The predicted molar refractivity (Wildman–Crippen MR) is 88.1 cm³/mol. The third-order valence-corrected chi connectivity index (χ3v) is 3.76. The molecule has 0 aliphatic carbocycles. The van der Waals surface area contributed by atoms with E-state index in [9.17, 15) is 4.79 Å². The van der Waals surface area contributed by atoms with Gasteiger partial charge in [0.05, 0.1) is 0 Å².